The molecule has 1 unspecified atom stereocenters. The topological polar surface area (TPSA) is 81.4 Å². The lowest BCUT2D eigenvalue weighted by atomic mass is 10.1. The summed E-state index contributed by atoms with van der Waals surface area (Å²) in [5.41, 5.74) is -0.907. The number of hydrogen-bond donors (Lipinski definition) is 1. The maximum Gasteiger partial charge on any atom is 0.354 e. The molecule has 0 spiro atoms. The second kappa shape index (κ2) is 9.72. The highest BCUT2D eigenvalue weighted by Crippen LogP contribution is 2.20. The van der Waals surface area contributed by atoms with Crippen molar-refractivity contribution in [2.24, 2.45) is 5.92 Å². The van der Waals surface area contributed by atoms with E-state index >= 15 is 0 Å². The van der Waals surface area contributed by atoms with Crippen LogP contribution in [0.15, 0.2) is 46.0 Å². The highest BCUT2D eigenvalue weighted by Gasteiger charge is 2.23. The molecule has 8 nitrogen and oxygen atoms in total. The first-order chi connectivity index (χ1) is 16.2. The Morgan fingerprint density at radius 3 is 2.35 bits per heavy atom. The van der Waals surface area contributed by atoms with Crippen LogP contribution >= 0.6 is 0 Å². The summed E-state index contributed by atoms with van der Waals surface area (Å²) in [6.07, 6.45) is 0.822. The molecular weight excluding hydrogens is 451 g/mol. The molecule has 2 heterocycles. The quantitative estimate of drug-likeness (QED) is 0.529. The third-order valence-corrected chi connectivity index (χ3v) is 5.81. The lowest BCUT2D eigenvalue weighted by molar-refractivity contribution is 0.367. The molecule has 0 aliphatic carbocycles. The zero-order chi connectivity index (χ0) is 24.4. The number of methoxy groups -OCH3 is 1. The summed E-state index contributed by atoms with van der Waals surface area (Å²) < 4.78 is 48.3. The molecule has 2 aromatic carbocycles. The monoisotopic (exact) mass is 475 g/mol. The Hall–Kier alpha value is -3.60. The van der Waals surface area contributed by atoms with E-state index in [9.17, 15) is 22.8 Å². The van der Waals surface area contributed by atoms with Gasteiger partial charge in [-0.15, -0.1) is 0 Å². The minimum Gasteiger partial charge on any atom is -0.497 e. The van der Waals surface area contributed by atoms with Crippen molar-refractivity contribution < 1.29 is 17.9 Å². The van der Waals surface area contributed by atoms with Crippen molar-refractivity contribution in [3.63, 3.8) is 0 Å². The van der Waals surface area contributed by atoms with Crippen LogP contribution in [0.5, 0.6) is 5.75 Å². The summed E-state index contributed by atoms with van der Waals surface area (Å²) in [7, 11) is 3.48. The van der Waals surface area contributed by atoms with Gasteiger partial charge >= 0.3 is 11.4 Å². The third-order valence-electron chi connectivity index (χ3n) is 5.81. The van der Waals surface area contributed by atoms with Crippen LogP contribution in [-0.2, 0) is 13.1 Å². The molecule has 3 aromatic rings. The van der Waals surface area contributed by atoms with E-state index in [0.717, 1.165) is 40.8 Å². The van der Waals surface area contributed by atoms with Crippen LogP contribution in [0.3, 0.4) is 0 Å². The van der Waals surface area contributed by atoms with Gasteiger partial charge in [-0.05, 0) is 67.9 Å². The van der Waals surface area contributed by atoms with E-state index in [4.69, 9.17) is 4.74 Å². The van der Waals surface area contributed by atoms with E-state index in [0.29, 0.717) is 11.4 Å². The zero-order valence-corrected chi connectivity index (χ0v) is 18.7. The number of anilines is 2. The minimum atomic E-state index is -1.60. The Morgan fingerprint density at radius 1 is 1.09 bits per heavy atom. The number of aromatic nitrogens is 3. The molecule has 1 aliphatic heterocycles. The van der Waals surface area contributed by atoms with E-state index in [1.807, 2.05) is 7.05 Å². The maximum atomic E-state index is 13.8. The van der Waals surface area contributed by atoms with Crippen molar-refractivity contribution in [3.8, 4) is 5.75 Å². The van der Waals surface area contributed by atoms with Crippen molar-refractivity contribution in [2.75, 3.05) is 32.6 Å². The zero-order valence-electron chi connectivity index (χ0n) is 18.7. The number of ether oxygens (including phenoxy) is 1. The largest absolute Gasteiger partial charge is 0.497 e. The molecule has 1 fully saturated rings. The molecule has 180 valence electrons. The summed E-state index contributed by atoms with van der Waals surface area (Å²) in [6, 6.07) is 8.28. The van der Waals surface area contributed by atoms with Gasteiger partial charge in [-0.1, -0.05) is 0 Å². The Bertz CT molecular complexity index is 1280. The predicted octanol–water partition coefficient (Wildman–Crippen LogP) is 2.57. The summed E-state index contributed by atoms with van der Waals surface area (Å²) in [5.74, 6) is -3.76. The fourth-order valence-corrected chi connectivity index (χ4v) is 4.04. The van der Waals surface area contributed by atoms with Crippen LogP contribution in [0.25, 0.3) is 0 Å². The van der Waals surface area contributed by atoms with Gasteiger partial charge in [0.1, 0.15) is 5.75 Å². The second-order valence-corrected chi connectivity index (χ2v) is 8.34. The molecule has 1 aromatic heterocycles. The van der Waals surface area contributed by atoms with Crippen LogP contribution in [0, 0.1) is 23.4 Å². The lowest BCUT2D eigenvalue weighted by Crippen LogP contribution is -2.44. The van der Waals surface area contributed by atoms with Gasteiger partial charge in [-0.25, -0.2) is 27.3 Å². The van der Waals surface area contributed by atoms with Crippen LogP contribution < -0.4 is 21.4 Å². The van der Waals surface area contributed by atoms with Crippen LogP contribution in [0.4, 0.5) is 24.8 Å². The molecule has 1 saturated heterocycles. The molecule has 0 bridgehead atoms. The lowest BCUT2D eigenvalue weighted by Gasteiger charge is -2.17. The first-order valence-electron chi connectivity index (χ1n) is 10.7. The third kappa shape index (κ3) is 4.98. The first-order valence-corrected chi connectivity index (χ1v) is 10.7. The molecule has 0 saturated carbocycles. The molecule has 4 rings (SSSR count). The fraction of sp³-hybridized carbons (Fsp3) is 0.348. The van der Waals surface area contributed by atoms with E-state index < -0.39 is 28.8 Å². The van der Waals surface area contributed by atoms with Gasteiger partial charge in [-0.3, -0.25) is 4.57 Å². The number of nitrogens with zero attached hydrogens (tertiary/aromatic N) is 4. The fourth-order valence-electron chi connectivity index (χ4n) is 4.04. The molecule has 1 aliphatic rings. The van der Waals surface area contributed by atoms with E-state index in [1.54, 1.807) is 24.3 Å². The number of rotatable bonds is 7. The van der Waals surface area contributed by atoms with Gasteiger partial charge in [-0.2, -0.15) is 4.98 Å². The van der Waals surface area contributed by atoms with Crippen LogP contribution in [0.1, 0.15) is 12.0 Å². The maximum absolute atomic E-state index is 13.8. The van der Waals surface area contributed by atoms with Gasteiger partial charge in [0, 0.05) is 18.8 Å². The molecule has 34 heavy (non-hydrogen) atoms. The summed E-state index contributed by atoms with van der Waals surface area (Å²) >= 11 is 0. The van der Waals surface area contributed by atoms with Crippen LogP contribution in [-0.4, -0.2) is 46.3 Å². The highest BCUT2D eigenvalue weighted by atomic mass is 19.2. The second-order valence-electron chi connectivity index (χ2n) is 8.34. The highest BCUT2D eigenvalue weighted by molar-refractivity contribution is 5.54. The molecule has 0 radical (unpaired) electrons. The average molecular weight is 475 g/mol. The summed E-state index contributed by atoms with van der Waals surface area (Å²) in [6.45, 7) is 1.42. The van der Waals surface area contributed by atoms with E-state index in [-0.39, 0.29) is 30.5 Å². The number of hydrogen-bond acceptors (Lipinski definition) is 6. The van der Waals surface area contributed by atoms with Crippen LogP contribution in [0.2, 0.25) is 0 Å². The number of likely N-dealkylation sites (tertiary alicyclic amines) is 1. The van der Waals surface area contributed by atoms with Crippen molar-refractivity contribution in [3.05, 3.63) is 80.4 Å². The molecule has 11 heteroatoms. The summed E-state index contributed by atoms with van der Waals surface area (Å²) in [4.78, 5) is 32.3. The van der Waals surface area contributed by atoms with Crippen molar-refractivity contribution >= 4 is 11.6 Å². The van der Waals surface area contributed by atoms with Crippen molar-refractivity contribution in [2.45, 2.75) is 19.5 Å². The molecular formula is C23H24F3N5O3. The Balaban J connectivity index is 1.76. The SMILES string of the molecule is COc1ccc(Nc2nc(=O)n(CC3CCN(C)C3)c(=O)n2Cc2cc(F)c(F)c(F)c2)cc1. The number of benzene rings is 2. The van der Waals surface area contributed by atoms with Gasteiger partial charge in [0.25, 0.3) is 0 Å². The standard InChI is InChI=1S/C23H24F3N5O3/c1-29-8-7-14(11-29)12-31-22(32)28-21(27-16-3-5-17(34-2)6-4-16)30(23(31)33)13-15-9-18(24)20(26)19(25)10-15/h3-6,9-10,14H,7-8,11-13H2,1-2H3,(H,27,28,32). The average Bonchev–Trinajstić information content (AvgIpc) is 3.22. The van der Waals surface area contributed by atoms with Gasteiger partial charge in [0.05, 0.1) is 13.7 Å². The van der Waals surface area contributed by atoms with Gasteiger partial charge in [0.2, 0.25) is 5.95 Å². The van der Waals surface area contributed by atoms with Crippen molar-refractivity contribution in [1.82, 2.24) is 19.0 Å². The molecule has 1 N–H and O–H groups in total. The summed E-state index contributed by atoms with van der Waals surface area (Å²) in [5, 5.41) is 2.91. The van der Waals surface area contributed by atoms with E-state index in [2.05, 4.69) is 15.2 Å². The van der Waals surface area contributed by atoms with Gasteiger partial charge < -0.3 is 15.0 Å². The Labute approximate surface area is 193 Å². The Morgan fingerprint density at radius 2 is 1.76 bits per heavy atom. The molecule has 1 atom stereocenters. The number of nitrogens with one attached hydrogen (secondary N) is 1. The predicted molar refractivity (Wildman–Crippen MR) is 120 cm³/mol. The first kappa shape index (κ1) is 23.6. The normalized spacial score (nSPS) is 16.1. The van der Waals surface area contributed by atoms with Crippen molar-refractivity contribution in [1.29, 1.82) is 0 Å². The number of halogens is 3. The molecule has 0 amide bonds. The smallest absolute Gasteiger partial charge is 0.354 e. The Kier molecular flexibility index (Phi) is 6.73. The van der Waals surface area contributed by atoms with E-state index in [1.165, 1.54) is 7.11 Å². The minimum absolute atomic E-state index is 0.00359. The van der Waals surface area contributed by atoms with Gasteiger partial charge in [0.15, 0.2) is 17.5 Å².